The van der Waals surface area contributed by atoms with Crippen molar-refractivity contribution in [2.75, 3.05) is 19.0 Å². The van der Waals surface area contributed by atoms with Gasteiger partial charge in [0.05, 0.1) is 6.07 Å². The fraction of sp³-hybridized carbons (Fsp3) is 0.778. The summed E-state index contributed by atoms with van der Waals surface area (Å²) in [6.07, 6.45) is -1.11. The highest BCUT2D eigenvalue weighted by Gasteiger charge is 2.31. The van der Waals surface area contributed by atoms with Crippen molar-refractivity contribution in [3.63, 3.8) is 0 Å². The minimum Gasteiger partial charge on any atom is -0.443 e. The number of ether oxygens (including phenoxy) is 1. The van der Waals surface area contributed by atoms with Gasteiger partial charge in [-0.1, -0.05) is 0 Å². The highest BCUT2D eigenvalue weighted by Crippen LogP contribution is 2.11. The second-order valence-corrected chi connectivity index (χ2v) is 6.29. The van der Waals surface area contributed by atoms with Gasteiger partial charge in [-0.25, -0.2) is 4.79 Å². The molecular formula is C9H16ClN3O4S. The lowest BCUT2D eigenvalue weighted by Gasteiger charge is -2.25. The molecule has 0 saturated carbocycles. The van der Waals surface area contributed by atoms with E-state index in [-0.39, 0.29) is 12.4 Å². The molecule has 0 saturated heterocycles. The van der Waals surface area contributed by atoms with Crippen molar-refractivity contribution in [2.45, 2.75) is 26.4 Å². The highest BCUT2D eigenvalue weighted by molar-refractivity contribution is 7.87. The van der Waals surface area contributed by atoms with Crippen molar-refractivity contribution >= 4 is 27.9 Å². The summed E-state index contributed by atoms with van der Waals surface area (Å²) in [4.78, 5) is 11.7. The van der Waals surface area contributed by atoms with Crippen molar-refractivity contribution < 1.29 is 17.9 Å². The predicted octanol–water partition coefficient (Wildman–Crippen LogP) is 0.820. The topological polar surface area (TPSA) is 99.5 Å². The molecule has 9 heteroatoms. The van der Waals surface area contributed by atoms with Crippen LogP contribution >= 0.6 is 11.6 Å². The third-order valence-electron chi connectivity index (χ3n) is 1.48. The largest absolute Gasteiger partial charge is 0.443 e. The molecule has 0 bridgehead atoms. The third kappa shape index (κ3) is 6.05. The number of nitrogens with one attached hydrogen (secondary N) is 1. The molecule has 18 heavy (non-hydrogen) atoms. The number of nitrogens with zero attached hydrogens (tertiary/aromatic N) is 2. The maximum atomic E-state index is 11.7. The maximum absolute atomic E-state index is 11.7. The normalized spacial score (nSPS) is 11.7. The first kappa shape index (κ1) is 17.0. The summed E-state index contributed by atoms with van der Waals surface area (Å²) in [6, 6.07) is 1.59. The summed E-state index contributed by atoms with van der Waals surface area (Å²) in [6.45, 7) is 4.10. The lowest BCUT2D eigenvalue weighted by Crippen LogP contribution is -2.47. The standard InChI is InChI=1S/C9H16ClN3O4S/c1-9(2,3)17-8(14)13(7-5-11)18(15,16)12-6-4-10/h12H,4,6-7H2,1-3H3. The molecular weight excluding hydrogens is 282 g/mol. The average Bonchev–Trinajstić information content (AvgIpc) is 2.20. The van der Waals surface area contributed by atoms with Crippen molar-refractivity contribution in [1.29, 1.82) is 5.26 Å². The van der Waals surface area contributed by atoms with Crippen LogP contribution in [0.2, 0.25) is 0 Å². The molecule has 0 aliphatic carbocycles. The fourth-order valence-electron chi connectivity index (χ4n) is 0.870. The van der Waals surface area contributed by atoms with Gasteiger partial charge in [0, 0.05) is 12.4 Å². The van der Waals surface area contributed by atoms with E-state index in [1.165, 1.54) is 0 Å². The second-order valence-electron chi connectivity index (χ2n) is 4.23. The van der Waals surface area contributed by atoms with Gasteiger partial charge in [0.1, 0.15) is 12.1 Å². The van der Waals surface area contributed by atoms with E-state index < -0.39 is 28.4 Å². The van der Waals surface area contributed by atoms with E-state index >= 15 is 0 Å². The fourth-order valence-corrected chi connectivity index (χ4v) is 2.05. The number of rotatable bonds is 5. The van der Waals surface area contributed by atoms with E-state index in [0.29, 0.717) is 4.31 Å². The summed E-state index contributed by atoms with van der Waals surface area (Å²) in [5.41, 5.74) is -0.854. The molecule has 1 N–H and O–H groups in total. The number of carbonyl (C=O) groups is 1. The highest BCUT2D eigenvalue weighted by atomic mass is 35.5. The number of nitriles is 1. The van der Waals surface area contributed by atoms with Crippen LogP contribution in [0, 0.1) is 11.3 Å². The van der Waals surface area contributed by atoms with E-state index in [9.17, 15) is 13.2 Å². The zero-order valence-electron chi connectivity index (χ0n) is 10.4. The SMILES string of the molecule is CC(C)(C)OC(=O)N(CC#N)S(=O)(=O)NCCCl. The molecule has 0 heterocycles. The Morgan fingerprint density at radius 3 is 2.44 bits per heavy atom. The van der Waals surface area contributed by atoms with Gasteiger partial charge in [-0.15, -0.1) is 11.6 Å². The van der Waals surface area contributed by atoms with Gasteiger partial charge in [0.15, 0.2) is 0 Å². The zero-order valence-corrected chi connectivity index (χ0v) is 12.0. The van der Waals surface area contributed by atoms with Gasteiger partial charge in [-0.2, -0.15) is 22.7 Å². The van der Waals surface area contributed by atoms with Crippen molar-refractivity contribution in [1.82, 2.24) is 9.03 Å². The summed E-state index contributed by atoms with van der Waals surface area (Å²) < 4.78 is 30.7. The first-order valence-electron chi connectivity index (χ1n) is 5.07. The van der Waals surface area contributed by atoms with Crippen LogP contribution in [-0.4, -0.2) is 43.4 Å². The number of halogens is 1. The molecule has 0 fully saturated rings. The van der Waals surface area contributed by atoms with Crippen LogP contribution in [0.25, 0.3) is 0 Å². The van der Waals surface area contributed by atoms with Gasteiger partial charge in [-0.3, -0.25) is 0 Å². The van der Waals surface area contributed by atoms with Crippen LogP contribution < -0.4 is 4.72 Å². The lowest BCUT2D eigenvalue weighted by atomic mass is 10.2. The smallest absolute Gasteiger partial charge is 0.426 e. The van der Waals surface area contributed by atoms with Gasteiger partial charge in [0.25, 0.3) is 0 Å². The summed E-state index contributed by atoms with van der Waals surface area (Å²) in [5, 5.41) is 8.55. The summed E-state index contributed by atoms with van der Waals surface area (Å²) in [5.74, 6) is 0.0495. The van der Waals surface area contributed by atoms with Crippen LogP contribution in [0.15, 0.2) is 0 Å². The Balaban J connectivity index is 4.97. The van der Waals surface area contributed by atoms with E-state index in [1.54, 1.807) is 26.8 Å². The quantitative estimate of drug-likeness (QED) is 0.598. The Labute approximate surface area is 112 Å². The van der Waals surface area contributed by atoms with Crippen LogP contribution in [0.3, 0.4) is 0 Å². The summed E-state index contributed by atoms with van der Waals surface area (Å²) in [7, 11) is -4.12. The van der Waals surface area contributed by atoms with Crippen molar-refractivity contribution in [3.8, 4) is 6.07 Å². The van der Waals surface area contributed by atoms with Crippen LogP contribution in [-0.2, 0) is 14.9 Å². The van der Waals surface area contributed by atoms with E-state index in [0.717, 1.165) is 0 Å². The molecule has 7 nitrogen and oxygen atoms in total. The first-order valence-corrected chi connectivity index (χ1v) is 7.04. The van der Waals surface area contributed by atoms with Crippen molar-refractivity contribution in [3.05, 3.63) is 0 Å². The monoisotopic (exact) mass is 297 g/mol. The molecule has 104 valence electrons. The molecule has 0 atom stereocenters. The van der Waals surface area contributed by atoms with Gasteiger partial charge < -0.3 is 4.74 Å². The van der Waals surface area contributed by atoms with E-state index in [2.05, 4.69) is 4.72 Å². The minimum absolute atomic E-state index is 0.0470. The second kappa shape index (κ2) is 6.78. The maximum Gasteiger partial charge on any atom is 0.426 e. The third-order valence-corrected chi connectivity index (χ3v) is 3.10. The number of hydrogen-bond donors (Lipinski definition) is 1. The first-order chi connectivity index (χ1) is 8.14. The molecule has 0 unspecified atom stereocenters. The summed E-state index contributed by atoms with van der Waals surface area (Å²) >= 11 is 5.35. The van der Waals surface area contributed by atoms with Crippen molar-refractivity contribution in [2.24, 2.45) is 0 Å². The molecule has 0 aliphatic heterocycles. The Morgan fingerprint density at radius 2 is 2.06 bits per heavy atom. The Hall–Kier alpha value is -1.04. The molecule has 0 aliphatic rings. The van der Waals surface area contributed by atoms with Crippen LogP contribution in [0.5, 0.6) is 0 Å². The Kier molecular flexibility index (Phi) is 6.38. The van der Waals surface area contributed by atoms with E-state index in [1.807, 2.05) is 0 Å². The van der Waals surface area contributed by atoms with Gasteiger partial charge >= 0.3 is 16.3 Å². The van der Waals surface area contributed by atoms with Gasteiger partial charge in [-0.05, 0) is 20.8 Å². The molecule has 0 aromatic rings. The zero-order chi connectivity index (χ0) is 14.4. The molecule has 0 aromatic carbocycles. The number of hydrogen-bond acceptors (Lipinski definition) is 5. The molecule has 1 amide bonds. The van der Waals surface area contributed by atoms with Crippen LogP contribution in [0.4, 0.5) is 4.79 Å². The van der Waals surface area contributed by atoms with E-state index in [4.69, 9.17) is 21.6 Å². The minimum atomic E-state index is -4.12. The van der Waals surface area contributed by atoms with Gasteiger partial charge in [0.2, 0.25) is 0 Å². The molecule has 0 rings (SSSR count). The number of amides is 1. The lowest BCUT2D eigenvalue weighted by molar-refractivity contribution is 0.0404. The average molecular weight is 298 g/mol. The molecule has 0 aromatic heterocycles. The van der Waals surface area contributed by atoms with Crippen LogP contribution in [0.1, 0.15) is 20.8 Å². The number of alkyl halides is 1. The molecule has 0 spiro atoms. The Bertz CT molecular complexity index is 424. The predicted molar refractivity (Wildman–Crippen MR) is 66.2 cm³/mol. The number of carbonyl (C=O) groups excluding carboxylic acids is 1. The Morgan fingerprint density at radius 1 is 1.50 bits per heavy atom. The molecule has 0 radical (unpaired) electrons.